The van der Waals surface area contributed by atoms with Crippen molar-refractivity contribution in [3.8, 4) is 11.1 Å². The highest BCUT2D eigenvalue weighted by molar-refractivity contribution is 5.76. The zero-order chi connectivity index (χ0) is 15.2. The van der Waals surface area contributed by atoms with Crippen molar-refractivity contribution in [3.63, 3.8) is 0 Å². The first-order valence-corrected chi connectivity index (χ1v) is 8.22. The van der Waals surface area contributed by atoms with Crippen LogP contribution in [0.25, 0.3) is 16.8 Å². The van der Waals surface area contributed by atoms with Gasteiger partial charge in [0.05, 0.1) is 6.20 Å². The molecule has 0 aliphatic carbocycles. The van der Waals surface area contributed by atoms with Crippen LogP contribution < -0.4 is 5.32 Å². The predicted molar refractivity (Wildman–Crippen MR) is 89.0 cm³/mol. The quantitative estimate of drug-likeness (QED) is 0.803. The molecule has 5 rings (SSSR count). The topological polar surface area (TPSA) is 45.5 Å². The number of piperazine rings is 1. The van der Waals surface area contributed by atoms with Gasteiger partial charge in [0.25, 0.3) is 0 Å². The Bertz CT molecular complexity index is 841. The van der Waals surface area contributed by atoms with Crippen molar-refractivity contribution < 1.29 is 0 Å². The molecule has 5 nitrogen and oxygen atoms in total. The Kier molecular flexibility index (Phi) is 2.96. The molecule has 1 aromatic carbocycles. The molecule has 2 aromatic heterocycles. The van der Waals surface area contributed by atoms with Crippen molar-refractivity contribution in [2.24, 2.45) is 0 Å². The van der Waals surface area contributed by atoms with Crippen molar-refractivity contribution in [1.29, 1.82) is 0 Å². The predicted octanol–water partition coefficient (Wildman–Crippen LogP) is 1.94. The maximum Gasteiger partial charge on any atom is 0.162 e. The number of fused-ring (bicyclic) bond motifs is 3. The zero-order valence-corrected chi connectivity index (χ0v) is 12.9. The van der Waals surface area contributed by atoms with Gasteiger partial charge in [-0.2, -0.15) is 5.10 Å². The third-order valence-electron chi connectivity index (χ3n) is 5.05. The second-order valence-electron chi connectivity index (χ2n) is 6.58. The van der Waals surface area contributed by atoms with Gasteiger partial charge in [0, 0.05) is 55.2 Å². The first kappa shape index (κ1) is 13.2. The molecule has 5 heteroatoms. The van der Waals surface area contributed by atoms with Crippen LogP contribution in [0.2, 0.25) is 0 Å². The molecule has 2 atom stereocenters. The van der Waals surface area contributed by atoms with E-state index >= 15 is 0 Å². The first-order chi connectivity index (χ1) is 11.4. The normalized spacial score (nSPS) is 23.8. The standard InChI is InChI=1S/C18H19N5/c1-2-4-14(5-3-1)17-9-21-23-11-13(7-20-18(17)23)10-22-12-15-6-16(22)8-19-15/h1-5,7,9,11,15-16,19H,6,8,10,12H2/t15-,16-/m0/s1. The molecular weight excluding hydrogens is 286 g/mol. The highest BCUT2D eigenvalue weighted by atomic mass is 15.3. The van der Waals surface area contributed by atoms with E-state index in [9.17, 15) is 0 Å². The molecule has 0 radical (unpaired) electrons. The van der Waals surface area contributed by atoms with Gasteiger partial charge < -0.3 is 5.32 Å². The zero-order valence-electron chi connectivity index (χ0n) is 12.9. The van der Waals surface area contributed by atoms with Gasteiger partial charge in [-0.15, -0.1) is 0 Å². The molecule has 2 aliphatic heterocycles. The van der Waals surface area contributed by atoms with E-state index in [1.807, 2.05) is 35.1 Å². The molecule has 2 saturated heterocycles. The van der Waals surface area contributed by atoms with E-state index in [4.69, 9.17) is 0 Å². The van der Waals surface area contributed by atoms with Crippen LogP contribution in [0.4, 0.5) is 0 Å². The fourth-order valence-corrected chi connectivity index (χ4v) is 3.89. The lowest BCUT2D eigenvalue weighted by Gasteiger charge is -2.26. The molecule has 0 unspecified atom stereocenters. The molecule has 0 spiro atoms. The van der Waals surface area contributed by atoms with E-state index in [1.54, 1.807) is 0 Å². The van der Waals surface area contributed by atoms with E-state index in [0.717, 1.165) is 36.4 Å². The SMILES string of the molecule is c1ccc(-c2cnn3cc(CN4C[C@@H]5C[C@H]4CN5)cnc23)cc1. The summed E-state index contributed by atoms with van der Waals surface area (Å²) in [7, 11) is 0. The minimum absolute atomic E-state index is 0.686. The van der Waals surface area contributed by atoms with Crippen LogP contribution in [0.5, 0.6) is 0 Å². The van der Waals surface area contributed by atoms with Gasteiger partial charge in [-0.05, 0) is 12.0 Å². The Morgan fingerprint density at radius 2 is 2.09 bits per heavy atom. The number of rotatable bonds is 3. The number of nitrogens with zero attached hydrogens (tertiary/aromatic N) is 4. The van der Waals surface area contributed by atoms with Crippen molar-refractivity contribution >= 4 is 5.65 Å². The summed E-state index contributed by atoms with van der Waals surface area (Å²) in [6.45, 7) is 3.24. The summed E-state index contributed by atoms with van der Waals surface area (Å²) >= 11 is 0. The molecule has 2 bridgehead atoms. The Labute approximate surface area is 135 Å². The summed E-state index contributed by atoms with van der Waals surface area (Å²) in [4.78, 5) is 7.24. The largest absolute Gasteiger partial charge is 0.311 e. The van der Waals surface area contributed by atoms with Crippen LogP contribution in [0.3, 0.4) is 0 Å². The van der Waals surface area contributed by atoms with Crippen molar-refractivity contribution in [2.75, 3.05) is 13.1 Å². The van der Waals surface area contributed by atoms with E-state index in [0.29, 0.717) is 12.1 Å². The second-order valence-corrected chi connectivity index (χ2v) is 6.58. The maximum atomic E-state index is 4.68. The van der Waals surface area contributed by atoms with Gasteiger partial charge in [-0.1, -0.05) is 30.3 Å². The molecule has 1 N–H and O–H groups in total. The Morgan fingerprint density at radius 1 is 1.17 bits per heavy atom. The summed E-state index contributed by atoms with van der Waals surface area (Å²) in [6.07, 6.45) is 7.32. The molecule has 2 aliphatic rings. The number of likely N-dealkylation sites (tertiary alicyclic amines) is 1. The van der Waals surface area contributed by atoms with Crippen LogP contribution in [-0.4, -0.2) is 44.7 Å². The lowest BCUT2D eigenvalue weighted by atomic mass is 10.1. The Balaban J connectivity index is 1.45. The van der Waals surface area contributed by atoms with Crippen LogP contribution in [0, 0.1) is 0 Å². The lowest BCUT2D eigenvalue weighted by molar-refractivity contribution is 0.217. The second kappa shape index (κ2) is 5.15. The molecule has 2 fully saturated rings. The Hall–Kier alpha value is -2.24. The highest BCUT2D eigenvalue weighted by Crippen LogP contribution is 2.26. The molecule has 4 heterocycles. The minimum atomic E-state index is 0.686. The van der Waals surface area contributed by atoms with Gasteiger partial charge in [0.2, 0.25) is 0 Å². The van der Waals surface area contributed by atoms with E-state index in [-0.39, 0.29) is 0 Å². The van der Waals surface area contributed by atoms with Crippen molar-refractivity contribution in [2.45, 2.75) is 25.0 Å². The average molecular weight is 305 g/mol. The monoisotopic (exact) mass is 305 g/mol. The number of nitrogens with one attached hydrogen (secondary N) is 1. The maximum absolute atomic E-state index is 4.68. The molecule has 23 heavy (non-hydrogen) atoms. The average Bonchev–Trinajstić information content (AvgIpc) is 3.30. The van der Waals surface area contributed by atoms with Gasteiger partial charge in [0.1, 0.15) is 0 Å². The van der Waals surface area contributed by atoms with Gasteiger partial charge in [-0.25, -0.2) is 9.50 Å². The van der Waals surface area contributed by atoms with Crippen molar-refractivity contribution in [1.82, 2.24) is 24.8 Å². The van der Waals surface area contributed by atoms with Gasteiger partial charge in [-0.3, -0.25) is 4.90 Å². The lowest BCUT2D eigenvalue weighted by Crippen LogP contribution is -2.43. The number of hydrogen-bond acceptors (Lipinski definition) is 4. The number of hydrogen-bond donors (Lipinski definition) is 1. The number of benzene rings is 1. The van der Waals surface area contributed by atoms with E-state index in [2.05, 4.69) is 38.6 Å². The van der Waals surface area contributed by atoms with E-state index in [1.165, 1.54) is 12.0 Å². The Morgan fingerprint density at radius 3 is 2.87 bits per heavy atom. The summed E-state index contributed by atoms with van der Waals surface area (Å²) in [5.41, 5.74) is 4.39. The van der Waals surface area contributed by atoms with Gasteiger partial charge >= 0.3 is 0 Å². The first-order valence-electron chi connectivity index (χ1n) is 8.22. The molecule has 0 amide bonds. The molecule has 0 saturated carbocycles. The third kappa shape index (κ3) is 2.24. The molecule has 3 aromatic rings. The number of aromatic nitrogens is 3. The van der Waals surface area contributed by atoms with E-state index < -0.39 is 0 Å². The minimum Gasteiger partial charge on any atom is -0.311 e. The highest BCUT2D eigenvalue weighted by Gasteiger charge is 2.37. The van der Waals surface area contributed by atoms with Crippen LogP contribution in [0.1, 0.15) is 12.0 Å². The summed E-state index contributed by atoms with van der Waals surface area (Å²) < 4.78 is 1.91. The summed E-state index contributed by atoms with van der Waals surface area (Å²) in [5, 5.41) is 8.05. The fourth-order valence-electron chi connectivity index (χ4n) is 3.89. The smallest absolute Gasteiger partial charge is 0.162 e. The molecule has 116 valence electrons. The van der Waals surface area contributed by atoms with Crippen LogP contribution >= 0.6 is 0 Å². The van der Waals surface area contributed by atoms with Gasteiger partial charge in [0.15, 0.2) is 5.65 Å². The summed E-state index contributed by atoms with van der Waals surface area (Å²) in [5.74, 6) is 0. The van der Waals surface area contributed by atoms with Crippen LogP contribution in [0.15, 0.2) is 48.9 Å². The fraction of sp³-hybridized carbons (Fsp3) is 0.333. The third-order valence-corrected chi connectivity index (χ3v) is 5.05. The van der Waals surface area contributed by atoms with Crippen LogP contribution in [-0.2, 0) is 6.54 Å². The molecular formula is C18H19N5. The summed E-state index contributed by atoms with van der Waals surface area (Å²) in [6, 6.07) is 11.7. The van der Waals surface area contributed by atoms with Crippen molar-refractivity contribution in [3.05, 3.63) is 54.5 Å².